The molecule has 2 saturated heterocycles. The van der Waals surface area contributed by atoms with Gasteiger partial charge in [-0.3, -0.25) is 9.48 Å². The summed E-state index contributed by atoms with van der Waals surface area (Å²) in [4.78, 5) is 15.0. The van der Waals surface area contributed by atoms with E-state index in [9.17, 15) is 4.79 Å². The quantitative estimate of drug-likeness (QED) is 0.766. The molecule has 2 aliphatic heterocycles. The highest BCUT2D eigenvalue weighted by Gasteiger charge is 2.51. The van der Waals surface area contributed by atoms with Crippen molar-refractivity contribution in [3.05, 3.63) is 29.2 Å². The van der Waals surface area contributed by atoms with E-state index in [1.54, 1.807) is 0 Å². The summed E-state index contributed by atoms with van der Waals surface area (Å²) in [5.74, 6) is 1.77. The van der Waals surface area contributed by atoms with Crippen LogP contribution < -0.4 is 0 Å². The van der Waals surface area contributed by atoms with E-state index in [0.717, 1.165) is 44.0 Å². The molecule has 0 N–H and O–H groups in total. The van der Waals surface area contributed by atoms with Crippen LogP contribution in [0.15, 0.2) is 10.5 Å². The van der Waals surface area contributed by atoms with Gasteiger partial charge >= 0.3 is 0 Å². The lowest BCUT2D eigenvalue weighted by Gasteiger charge is -2.36. The van der Waals surface area contributed by atoms with Gasteiger partial charge < -0.3 is 14.1 Å². The van der Waals surface area contributed by atoms with E-state index in [-0.39, 0.29) is 23.2 Å². The zero-order valence-electron chi connectivity index (χ0n) is 17.8. The first kappa shape index (κ1) is 20.1. The van der Waals surface area contributed by atoms with Gasteiger partial charge in [-0.15, -0.1) is 10.2 Å². The Kier molecular flexibility index (Phi) is 5.46. The third-order valence-electron chi connectivity index (χ3n) is 6.38. The van der Waals surface area contributed by atoms with Gasteiger partial charge in [-0.2, -0.15) is 5.10 Å². The number of amides is 1. The van der Waals surface area contributed by atoms with E-state index in [2.05, 4.69) is 15.3 Å². The molecule has 8 nitrogen and oxygen atoms in total. The van der Waals surface area contributed by atoms with Crippen LogP contribution in [-0.2, 0) is 16.1 Å². The van der Waals surface area contributed by atoms with Gasteiger partial charge in [0.2, 0.25) is 17.7 Å². The average molecular weight is 402 g/mol. The van der Waals surface area contributed by atoms with Crippen LogP contribution in [0.25, 0.3) is 0 Å². The van der Waals surface area contributed by atoms with E-state index in [1.807, 2.05) is 43.3 Å². The summed E-state index contributed by atoms with van der Waals surface area (Å²) in [7, 11) is 0. The lowest BCUT2D eigenvalue weighted by Crippen LogP contribution is -2.37. The molecule has 1 atom stereocenters. The number of likely N-dealkylation sites (tertiary alicyclic amines) is 1. The number of aromatic nitrogens is 4. The Morgan fingerprint density at radius 1 is 1.28 bits per heavy atom. The van der Waals surface area contributed by atoms with Crippen molar-refractivity contribution in [1.29, 1.82) is 0 Å². The largest absolute Gasteiger partial charge is 0.425 e. The fourth-order valence-corrected chi connectivity index (χ4v) is 4.67. The number of hydrogen-bond acceptors (Lipinski definition) is 6. The number of rotatable bonds is 5. The molecule has 2 aromatic heterocycles. The molecule has 0 radical (unpaired) electrons. The van der Waals surface area contributed by atoms with Gasteiger partial charge in [-0.25, -0.2) is 0 Å². The third kappa shape index (κ3) is 3.95. The number of carbonyl (C=O) groups is 1. The number of ether oxygens (including phenoxy) is 1. The Hall–Kier alpha value is -2.22. The normalized spacial score (nSPS) is 21.4. The molecular weight excluding hydrogens is 370 g/mol. The number of aryl methyl sites for hydroxylation is 3. The first-order valence-electron chi connectivity index (χ1n) is 10.6. The number of nitrogens with zero attached hydrogens (tertiary/aromatic N) is 5. The second kappa shape index (κ2) is 7.89. The Bertz CT molecular complexity index is 866. The second-order valence-electron chi connectivity index (χ2n) is 8.84. The topological polar surface area (TPSA) is 86.3 Å². The molecule has 1 unspecified atom stereocenters. The molecule has 1 amide bonds. The Labute approximate surface area is 171 Å². The Morgan fingerprint density at radius 2 is 2.03 bits per heavy atom. The summed E-state index contributed by atoms with van der Waals surface area (Å²) in [6.45, 7) is 11.5. The number of carbonyl (C=O) groups excluding carboxylic acids is 1. The highest BCUT2D eigenvalue weighted by molar-refractivity contribution is 5.76. The molecule has 8 heteroatoms. The lowest BCUT2D eigenvalue weighted by atomic mass is 9.72. The SMILES string of the molecule is Cc1cc(C)n(CCC(=O)N2CC(c3nnc(C(C)C)o3)C3(CCOCC3)C2)n1. The fraction of sp³-hybridized carbons (Fsp3) is 0.714. The summed E-state index contributed by atoms with van der Waals surface area (Å²) in [6.07, 6.45) is 2.28. The Morgan fingerprint density at radius 3 is 2.66 bits per heavy atom. The molecule has 0 bridgehead atoms. The summed E-state index contributed by atoms with van der Waals surface area (Å²) < 4.78 is 13.6. The zero-order valence-corrected chi connectivity index (χ0v) is 17.8. The van der Waals surface area contributed by atoms with Crippen LogP contribution in [-0.4, -0.2) is 57.1 Å². The molecule has 2 fully saturated rings. The zero-order chi connectivity index (χ0) is 20.6. The van der Waals surface area contributed by atoms with Gasteiger partial charge in [-0.05, 0) is 32.8 Å². The van der Waals surface area contributed by atoms with E-state index in [1.165, 1.54) is 0 Å². The van der Waals surface area contributed by atoms with Crippen LogP contribution in [0.3, 0.4) is 0 Å². The molecular formula is C21H31N5O3. The second-order valence-corrected chi connectivity index (χ2v) is 8.84. The van der Waals surface area contributed by atoms with Crippen molar-refractivity contribution in [3.63, 3.8) is 0 Å². The van der Waals surface area contributed by atoms with E-state index >= 15 is 0 Å². The predicted molar refractivity (Wildman–Crippen MR) is 107 cm³/mol. The van der Waals surface area contributed by atoms with Crippen molar-refractivity contribution in [2.45, 2.75) is 65.3 Å². The first-order valence-corrected chi connectivity index (χ1v) is 10.6. The molecule has 0 aromatic carbocycles. The lowest BCUT2D eigenvalue weighted by molar-refractivity contribution is -0.131. The van der Waals surface area contributed by atoms with Crippen molar-refractivity contribution in [2.24, 2.45) is 5.41 Å². The molecule has 0 aliphatic carbocycles. The van der Waals surface area contributed by atoms with Crippen LogP contribution >= 0.6 is 0 Å². The molecule has 2 aromatic rings. The van der Waals surface area contributed by atoms with E-state index < -0.39 is 0 Å². The minimum Gasteiger partial charge on any atom is -0.425 e. The van der Waals surface area contributed by atoms with Gasteiger partial charge in [0.25, 0.3) is 0 Å². The third-order valence-corrected chi connectivity index (χ3v) is 6.38. The van der Waals surface area contributed by atoms with Gasteiger partial charge in [-0.1, -0.05) is 13.8 Å². The van der Waals surface area contributed by atoms with Gasteiger partial charge in [0.05, 0.1) is 11.6 Å². The maximum absolute atomic E-state index is 13.0. The molecule has 29 heavy (non-hydrogen) atoms. The first-order chi connectivity index (χ1) is 13.9. The molecule has 158 valence electrons. The molecule has 2 aliphatic rings. The monoisotopic (exact) mass is 401 g/mol. The molecule has 0 saturated carbocycles. The average Bonchev–Trinajstić information content (AvgIpc) is 3.38. The van der Waals surface area contributed by atoms with Crippen LogP contribution in [0.1, 0.15) is 68.1 Å². The van der Waals surface area contributed by atoms with Crippen molar-refractivity contribution < 1.29 is 13.9 Å². The summed E-state index contributed by atoms with van der Waals surface area (Å²) >= 11 is 0. The van der Waals surface area contributed by atoms with Crippen molar-refractivity contribution in [2.75, 3.05) is 26.3 Å². The summed E-state index contributed by atoms with van der Waals surface area (Å²) in [5.41, 5.74) is 2.03. The summed E-state index contributed by atoms with van der Waals surface area (Å²) in [6, 6.07) is 2.04. The highest BCUT2D eigenvalue weighted by atomic mass is 16.5. The number of hydrogen-bond donors (Lipinski definition) is 0. The maximum atomic E-state index is 13.0. The standard InChI is InChI=1S/C21H31N5O3/c1-14(2)19-22-23-20(29-19)17-12-25(13-21(17)6-9-28-10-7-21)18(27)5-8-26-16(4)11-15(3)24-26/h11,14,17H,5-10,12-13H2,1-4H3. The van der Waals surface area contributed by atoms with E-state index in [0.29, 0.717) is 31.3 Å². The fourth-order valence-electron chi connectivity index (χ4n) is 4.67. The van der Waals surface area contributed by atoms with Crippen LogP contribution in [0.2, 0.25) is 0 Å². The van der Waals surface area contributed by atoms with Crippen molar-refractivity contribution in [1.82, 2.24) is 24.9 Å². The van der Waals surface area contributed by atoms with Gasteiger partial charge in [0.15, 0.2) is 0 Å². The van der Waals surface area contributed by atoms with Gasteiger partial charge in [0, 0.05) is 56.3 Å². The van der Waals surface area contributed by atoms with E-state index in [4.69, 9.17) is 9.15 Å². The van der Waals surface area contributed by atoms with Gasteiger partial charge in [0.1, 0.15) is 0 Å². The van der Waals surface area contributed by atoms with Crippen molar-refractivity contribution >= 4 is 5.91 Å². The predicted octanol–water partition coefficient (Wildman–Crippen LogP) is 2.82. The summed E-state index contributed by atoms with van der Waals surface area (Å²) in [5, 5.41) is 13.1. The molecule has 4 heterocycles. The molecule has 4 rings (SSSR count). The van der Waals surface area contributed by atoms with Crippen LogP contribution in [0, 0.1) is 19.3 Å². The van der Waals surface area contributed by atoms with Crippen LogP contribution in [0.5, 0.6) is 0 Å². The maximum Gasteiger partial charge on any atom is 0.224 e. The highest BCUT2D eigenvalue weighted by Crippen LogP contribution is 2.49. The van der Waals surface area contributed by atoms with Crippen molar-refractivity contribution in [3.8, 4) is 0 Å². The van der Waals surface area contributed by atoms with Crippen LogP contribution in [0.4, 0.5) is 0 Å². The smallest absolute Gasteiger partial charge is 0.224 e. The minimum atomic E-state index is -0.0348. The molecule has 1 spiro atoms. The Balaban J connectivity index is 1.50. The minimum absolute atomic E-state index is 0.0348.